The standard InChI is InChI=1S/C19H15Cl2N3O/c20-14-8-6-13(7-9-14)18-16(12-17-22-10-11-25-17)19(21)24(23-18)15-4-2-1-3-5-15/h1-9H,10-12H2. The lowest BCUT2D eigenvalue weighted by atomic mass is 10.1. The lowest BCUT2D eigenvalue weighted by Crippen LogP contribution is -2.04. The Morgan fingerprint density at radius 3 is 2.44 bits per heavy atom. The number of ether oxygens (including phenoxy) is 1. The summed E-state index contributed by atoms with van der Waals surface area (Å²) in [5, 5.41) is 6.00. The first-order valence-electron chi connectivity index (χ1n) is 7.97. The van der Waals surface area contributed by atoms with Crippen LogP contribution in [0.2, 0.25) is 10.2 Å². The van der Waals surface area contributed by atoms with E-state index in [9.17, 15) is 0 Å². The lowest BCUT2D eigenvalue weighted by Gasteiger charge is -2.04. The van der Waals surface area contributed by atoms with Crippen molar-refractivity contribution in [3.05, 3.63) is 70.3 Å². The summed E-state index contributed by atoms with van der Waals surface area (Å²) in [7, 11) is 0. The summed E-state index contributed by atoms with van der Waals surface area (Å²) in [4.78, 5) is 4.38. The smallest absolute Gasteiger partial charge is 0.188 e. The van der Waals surface area contributed by atoms with Gasteiger partial charge in [-0.25, -0.2) is 4.68 Å². The molecule has 4 rings (SSSR count). The van der Waals surface area contributed by atoms with E-state index in [1.165, 1.54) is 0 Å². The molecule has 0 unspecified atom stereocenters. The number of aliphatic imine (C=N–C) groups is 1. The minimum atomic E-state index is 0.517. The first kappa shape index (κ1) is 16.2. The predicted octanol–water partition coefficient (Wildman–Crippen LogP) is 4.82. The third kappa shape index (κ3) is 3.28. The van der Waals surface area contributed by atoms with E-state index in [1.807, 2.05) is 54.6 Å². The quantitative estimate of drug-likeness (QED) is 0.659. The van der Waals surface area contributed by atoms with Gasteiger partial charge in [-0.3, -0.25) is 4.99 Å². The minimum Gasteiger partial charge on any atom is -0.479 e. The second kappa shape index (κ2) is 6.90. The van der Waals surface area contributed by atoms with E-state index in [2.05, 4.69) is 4.99 Å². The summed E-state index contributed by atoms with van der Waals surface area (Å²) in [6.07, 6.45) is 0.517. The van der Waals surface area contributed by atoms with E-state index >= 15 is 0 Å². The van der Waals surface area contributed by atoms with Crippen LogP contribution in [-0.4, -0.2) is 28.8 Å². The van der Waals surface area contributed by atoms with Crippen LogP contribution in [0.25, 0.3) is 16.9 Å². The summed E-state index contributed by atoms with van der Waals surface area (Å²) < 4.78 is 7.32. The molecule has 0 aliphatic carbocycles. The molecule has 0 N–H and O–H groups in total. The zero-order valence-corrected chi connectivity index (χ0v) is 14.8. The molecule has 2 aromatic carbocycles. The Bertz CT molecular complexity index is 918. The van der Waals surface area contributed by atoms with E-state index in [0.29, 0.717) is 35.6 Å². The zero-order chi connectivity index (χ0) is 17.2. The van der Waals surface area contributed by atoms with Crippen molar-refractivity contribution in [2.24, 2.45) is 4.99 Å². The van der Waals surface area contributed by atoms with Gasteiger partial charge in [0.1, 0.15) is 11.8 Å². The fourth-order valence-electron chi connectivity index (χ4n) is 2.80. The second-order valence-electron chi connectivity index (χ2n) is 5.67. The summed E-state index contributed by atoms with van der Waals surface area (Å²) >= 11 is 12.7. The molecule has 0 saturated heterocycles. The molecule has 1 aliphatic heterocycles. The molecule has 1 aliphatic rings. The maximum atomic E-state index is 6.69. The Labute approximate surface area is 155 Å². The molecule has 4 nitrogen and oxygen atoms in total. The topological polar surface area (TPSA) is 39.4 Å². The SMILES string of the molecule is Clc1ccc(-c2nn(-c3ccccc3)c(Cl)c2CC2=NCCO2)cc1. The van der Waals surface area contributed by atoms with Crippen molar-refractivity contribution in [2.75, 3.05) is 13.2 Å². The Kier molecular flexibility index (Phi) is 4.47. The minimum absolute atomic E-state index is 0.517. The van der Waals surface area contributed by atoms with E-state index < -0.39 is 0 Å². The predicted molar refractivity (Wildman–Crippen MR) is 101 cm³/mol. The third-order valence-corrected chi connectivity index (χ3v) is 4.66. The molecular weight excluding hydrogens is 357 g/mol. The van der Waals surface area contributed by atoms with Crippen LogP contribution in [-0.2, 0) is 11.2 Å². The molecule has 0 fully saturated rings. The number of benzene rings is 2. The van der Waals surface area contributed by atoms with Crippen molar-refractivity contribution in [1.29, 1.82) is 0 Å². The lowest BCUT2D eigenvalue weighted by molar-refractivity contribution is 0.341. The highest BCUT2D eigenvalue weighted by Crippen LogP contribution is 2.32. The molecule has 3 aromatic rings. The van der Waals surface area contributed by atoms with E-state index in [0.717, 1.165) is 22.5 Å². The number of aromatic nitrogens is 2. The van der Waals surface area contributed by atoms with Crippen molar-refractivity contribution >= 4 is 29.1 Å². The Balaban J connectivity index is 1.84. The van der Waals surface area contributed by atoms with E-state index in [4.69, 9.17) is 33.0 Å². The monoisotopic (exact) mass is 371 g/mol. The molecule has 0 atom stereocenters. The van der Waals surface area contributed by atoms with Gasteiger partial charge in [-0.05, 0) is 24.3 Å². The van der Waals surface area contributed by atoms with Crippen molar-refractivity contribution in [3.8, 4) is 16.9 Å². The fourth-order valence-corrected chi connectivity index (χ4v) is 3.22. The molecule has 2 heterocycles. The highest BCUT2D eigenvalue weighted by atomic mass is 35.5. The largest absolute Gasteiger partial charge is 0.479 e. The average Bonchev–Trinajstić information content (AvgIpc) is 3.26. The highest BCUT2D eigenvalue weighted by Gasteiger charge is 2.22. The third-order valence-electron chi connectivity index (χ3n) is 4.02. The normalized spacial score (nSPS) is 13.6. The van der Waals surface area contributed by atoms with Crippen LogP contribution in [0.1, 0.15) is 5.56 Å². The Morgan fingerprint density at radius 1 is 1.00 bits per heavy atom. The Morgan fingerprint density at radius 2 is 1.76 bits per heavy atom. The van der Waals surface area contributed by atoms with Gasteiger partial charge in [-0.2, -0.15) is 5.10 Å². The maximum Gasteiger partial charge on any atom is 0.188 e. The van der Waals surface area contributed by atoms with Crippen molar-refractivity contribution in [1.82, 2.24) is 9.78 Å². The number of halogens is 2. The number of hydrogen-bond acceptors (Lipinski definition) is 3. The maximum absolute atomic E-state index is 6.69. The highest BCUT2D eigenvalue weighted by molar-refractivity contribution is 6.31. The van der Waals surface area contributed by atoms with Gasteiger partial charge < -0.3 is 4.74 Å². The summed E-state index contributed by atoms with van der Waals surface area (Å²) in [5.74, 6) is 0.699. The van der Waals surface area contributed by atoms with Crippen molar-refractivity contribution in [2.45, 2.75) is 6.42 Å². The van der Waals surface area contributed by atoms with Crippen LogP contribution < -0.4 is 0 Å². The molecule has 0 spiro atoms. The van der Waals surface area contributed by atoms with Gasteiger partial charge >= 0.3 is 0 Å². The number of rotatable bonds is 4. The first-order chi connectivity index (χ1) is 12.2. The molecule has 0 bridgehead atoms. The second-order valence-corrected chi connectivity index (χ2v) is 6.47. The zero-order valence-electron chi connectivity index (χ0n) is 13.3. The fraction of sp³-hybridized carbons (Fsp3) is 0.158. The van der Waals surface area contributed by atoms with E-state index in [1.54, 1.807) is 4.68 Å². The molecular formula is C19H15Cl2N3O. The van der Waals surface area contributed by atoms with Gasteiger partial charge in [0.15, 0.2) is 5.90 Å². The van der Waals surface area contributed by atoms with Crippen molar-refractivity contribution in [3.63, 3.8) is 0 Å². The number of hydrogen-bond donors (Lipinski definition) is 0. The van der Waals surface area contributed by atoms with Gasteiger partial charge in [-0.1, -0.05) is 53.5 Å². The molecule has 0 radical (unpaired) electrons. The molecule has 1 aromatic heterocycles. The molecule has 0 saturated carbocycles. The van der Waals surface area contributed by atoms with Gasteiger partial charge in [0.2, 0.25) is 0 Å². The molecule has 6 heteroatoms. The van der Waals surface area contributed by atoms with Crippen molar-refractivity contribution < 1.29 is 4.74 Å². The van der Waals surface area contributed by atoms with Gasteiger partial charge in [0, 0.05) is 16.1 Å². The van der Waals surface area contributed by atoms with Gasteiger partial charge in [0.05, 0.1) is 24.3 Å². The number of nitrogens with zero attached hydrogens (tertiary/aromatic N) is 3. The molecule has 0 amide bonds. The summed E-state index contributed by atoms with van der Waals surface area (Å²) in [5.41, 5.74) is 3.56. The van der Waals surface area contributed by atoms with Gasteiger partial charge in [0.25, 0.3) is 0 Å². The summed E-state index contributed by atoms with van der Waals surface area (Å²) in [6, 6.07) is 17.4. The van der Waals surface area contributed by atoms with Gasteiger partial charge in [-0.15, -0.1) is 0 Å². The van der Waals surface area contributed by atoms with Crippen LogP contribution in [0.5, 0.6) is 0 Å². The van der Waals surface area contributed by atoms with Crippen LogP contribution in [0.15, 0.2) is 59.6 Å². The van der Waals surface area contributed by atoms with Crippen LogP contribution in [0.3, 0.4) is 0 Å². The first-order valence-corrected chi connectivity index (χ1v) is 8.73. The average molecular weight is 372 g/mol. The van der Waals surface area contributed by atoms with E-state index in [-0.39, 0.29) is 0 Å². The van der Waals surface area contributed by atoms with Crippen LogP contribution >= 0.6 is 23.2 Å². The van der Waals surface area contributed by atoms with Crippen LogP contribution in [0, 0.1) is 0 Å². The molecule has 126 valence electrons. The summed E-state index contributed by atoms with van der Waals surface area (Å²) in [6.45, 7) is 1.31. The number of para-hydroxylation sites is 1. The Hall–Kier alpha value is -2.30. The van der Waals surface area contributed by atoms with Crippen LogP contribution in [0.4, 0.5) is 0 Å². The molecule has 25 heavy (non-hydrogen) atoms.